The van der Waals surface area contributed by atoms with Crippen LogP contribution in [0.2, 0.25) is 5.02 Å². The van der Waals surface area contributed by atoms with Gasteiger partial charge < -0.3 is 9.80 Å². The summed E-state index contributed by atoms with van der Waals surface area (Å²) in [5, 5.41) is 0.479. The molecule has 1 aromatic carbocycles. The van der Waals surface area contributed by atoms with Crippen LogP contribution in [0.25, 0.3) is 0 Å². The molecular formula is C15H23ClN3O3S+. The second-order valence-electron chi connectivity index (χ2n) is 5.99. The minimum atomic E-state index is -3.58. The first-order chi connectivity index (χ1) is 10.7. The molecule has 1 amide bonds. The van der Waals surface area contributed by atoms with Gasteiger partial charge in [-0.3, -0.25) is 9.10 Å². The second kappa shape index (κ2) is 7.07. The Labute approximate surface area is 142 Å². The minimum absolute atomic E-state index is 0.178. The first kappa shape index (κ1) is 18.0. The van der Waals surface area contributed by atoms with Crippen molar-refractivity contribution < 1.29 is 18.1 Å². The molecule has 1 saturated heterocycles. The van der Waals surface area contributed by atoms with Crippen LogP contribution in [0.1, 0.15) is 5.56 Å². The van der Waals surface area contributed by atoms with Crippen molar-refractivity contribution in [1.29, 1.82) is 0 Å². The molecule has 0 unspecified atom stereocenters. The van der Waals surface area contributed by atoms with E-state index < -0.39 is 10.0 Å². The standard InChI is InChI=1S/C15H22ClN3O3S/c1-12-13(16)5-4-6-14(12)19(23(3,21)22)11-15(20)18-9-7-17(2)8-10-18/h4-6H,7-11H2,1-3H3/p+1. The lowest BCUT2D eigenvalue weighted by Crippen LogP contribution is -3.12. The largest absolute Gasteiger partial charge is 0.334 e. The highest BCUT2D eigenvalue weighted by Crippen LogP contribution is 2.28. The lowest BCUT2D eigenvalue weighted by Gasteiger charge is -2.32. The van der Waals surface area contributed by atoms with Gasteiger partial charge in [-0.05, 0) is 24.6 Å². The number of piperazine rings is 1. The van der Waals surface area contributed by atoms with Crippen molar-refractivity contribution in [1.82, 2.24) is 4.90 Å². The number of amides is 1. The Bertz CT molecular complexity index is 685. The van der Waals surface area contributed by atoms with E-state index in [1.807, 2.05) is 0 Å². The Kier molecular flexibility index (Phi) is 5.54. The fourth-order valence-corrected chi connectivity index (χ4v) is 3.68. The molecule has 1 aromatic rings. The van der Waals surface area contributed by atoms with E-state index in [9.17, 15) is 13.2 Å². The van der Waals surface area contributed by atoms with Crippen LogP contribution in [-0.4, -0.2) is 65.3 Å². The Morgan fingerprint density at radius 1 is 1.35 bits per heavy atom. The predicted octanol–water partition coefficient (Wildman–Crippen LogP) is -0.229. The summed E-state index contributed by atoms with van der Waals surface area (Å²) in [5.41, 5.74) is 1.10. The zero-order valence-electron chi connectivity index (χ0n) is 13.7. The molecule has 23 heavy (non-hydrogen) atoms. The lowest BCUT2D eigenvalue weighted by molar-refractivity contribution is -0.883. The highest BCUT2D eigenvalue weighted by atomic mass is 35.5. The van der Waals surface area contributed by atoms with E-state index in [-0.39, 0.29) is 12.5 Å². The van der Waals surface area contributed by atoms with Crippen LogP contribution in [0.4, 0.5) is 5.69 Å². The van der Waals surface area contributed by atoms with Crippen molar-refractivity contribution in [3.8, 4) is 0 Å². The topological polar surface area (TPSA) is 62.1 Å². The number of hydrogen-bond acceptors (Lipinski definition) is 3. The normalized spacial score (nSPS) is 16.4. The molecule has 1 aliphatic rings. The van der Waals surface area contributed by atoms with Gasteiger partial charge in [-0.25, -0.2) is 8.42 Å². The number of anilines is 1. The van der Waals surface area contributed by atoms with Crippen LogP contribution in [0, 0.1) is 6.92 Å². The van der Waals surface area contributed by atoms with Gasteiger partial charge in [0, 0.05) is 5.02 Å². The highest BCUT2D eigenvalue weighted by Gasteiger charge is 2.27. The number of halogens is 1. The van der Waals surface area contributed by atoms with E-state index >= 15 is 0 Å². The van der Waals surface area contributed by atoms with E-state index in [0.717, 1.165) is 23.7 Å². The smallest absolute Gasteiger partial charge is 0.243 e. The van der Waals surface area contributed by atoms with Crippen molar-refractivity contribution >= 4 is 33.2 Å². The van der Waals surface area contributed by atoms with E-state index in [1.165, 1.54) is 4.90 Å². The number of benzene rings is 1. The average molecular weight is 361 g/mol. The summed E-state index contributed by atoms with van der Waals surface area (Å²) in [5.74, 6) is -0.178. The van der Waals surface area contributed by atoms with E-state index in [4.69, 9.17) is 11.6 Å². The number of carbonyl (C=O) groups is 1. The summed E-state index contributed by atoms with van der Waals surface area (Å²) in [6.45, 7) is 4.60. The number of rotatable bonds is 4. The second-order valence-corrected chi connectivity index (χ2v) is 8.31. The van der Waals surface area contributed by atoms with Gasteiger partial charge in [0.25, 0.3) is 0 Å². The van der Waals surface area contributed by atoms with Gasteiger partial charge in [0.1, 0.15) is 6.54 Å². The van der Waals surface area contributed by atoms with Crippen LogP contribution in [0.5, 0.6) is 0 Å². The number of nitrogens with zero attached hydrogens (tertiary/aromatic N) is 2. The molecule has 0 saturated carbocycles. The van der Waals surface area contributed by atoms with Gasteiger partial charge in [0.05, 0.1) is 45.2 Å². The molecule has 6 nitrogen and oxygen atoms in total. The fraction of sp³-hybridized carbons (Fsp3) is 0.533. The van der Waals surface area contributed by atoms with E-state index in [0.29, 0.717) is 29.4 Å². The number of hydrogen-bond donors (Lipinski definition) is 1. The van der Waals surface area contributed by atoms with Crippen molar-refractivity contribution in [2.24, 2.45) is 0 Å². The third-order valence-corrected chi connectivity index (χ3v) is 5.69. The van der Waals surface area contributed by atoms with Crippen molar-refractivity contribution in [3.63, 3.8) is 0 Å². The quantitative estimate of drug-likeness (QED) is 0.807. The summed E-state index contributed by atoms with van der Waals surface area (Å²) in [6, 6.07) is 5.06. The Morgan fingerprint density at radius 3 is 2.52 bits per heavy atom. The summed E-state index contributed by atoms with van der Waals surface area (Å²) >= 11 is 6.09. The Balaban J connectivity index is 2.24. The third kappa shape index (κ3) is 4.37. The summed E-state index contributed by atoms with van der Waals surface area (Å²) in [6.07, 6.45) is 1.11. The SMILES string of the molecule is Cc1c(Cl)cccc1N(CC(=O)N1CC[NH+](C)CC1)S(C)(=O)=O. The van der Waals surface area contributed by atoms with Crippen molar-refractivity contribution in [2.45, 2.75) is 6.92 Å². The monoisotopic (exact) mass is 360 g/mol. The fourth-order valence-electron chi connectivity index (χ4n) is 2.61. The van der Waals surface area contributed by atoms with Crippen molar-refractivity contribution in [3.05, 3.63) is 28.8 Å². The summed E-state index contributed by atoms with van der Waals surface area (Å²) < 4.78 is 25.5. The number of sulfonamides is 1. The van der Waals surface area contributed by atoms with Gasteiger partial charge >= 0.3 is 0 Å². The zero-order valence-corrected chi connectivity index (χ0v) is 15.2. The van der Waals surface area contributed by atoms with Gasteiger partial charge in [-0.2, -0.15) is 0 Å². The molecule has 1 N–H and O–H groups in total. The number of carbonyl (C=O) groups excluding carboxylic acids is 1. The molecule has 1 heterocycles. The number of nitrogens with one attached hydrogen (secondary N) is 1. The molecule has 8 heteroatoms. The molecule has 0 aliphatic carbocycles. The third-order valence-electron chi connectivity index (χ3n) is 4.16. The molecule has 1 aliphatic heterocycles. The van der Waals surface area contributed by atoms with Crippen LogP contribution >= 0.6 is 11.6 Å². The highest BCUT2D eigenvalue weighted by molar-refractivity contribution is 7.92. The molecular weight excluding hydrogens is 338 g/mol. The number of quaternary nitrogens is 1. The molecule has 0 atom stereocenters. The van der Waals surface area contributed by atoms with E-state index in [2.05, 4.69) is 7.05 Å². The molecule has 0 aromatic heterocycles. The van der Waals surface area contributed by atoms with Crippen LogP contribution in [0.3, 0.4) is 0 Å². The molecule has 0 bridgehead atoms. The van der Waals surface area contributed by atoms with Gasteiger partial charge in [-0.15, -0.1) is 0 Å². The average Bonchev–Trinajstić information content (AvgIpc) is 2.47. The molecule has 2 rings (SSSR count). The maximum atomic E-state index is 12.5. The Morgan fingerprint density at radius 2 is 1.96 bits per heavy atom. The van der Waals surface area contributed by atoms with Crippen LogP contribution in [0.15, 0.2) is 18.2 Å². The van der Waals surface area contributed by atoms with E-state index in [1.54, 1.807) is 30.0 Å². The zero-order chi connectivity index (χ0) is 17.2. The van der Waals surface area contributed by atoms with Gasteiger partial charge in [0.15, 0.2) is 0 Å². The van der Waals surface area contributed by atoms with Gasteiger partial charge in [-0.1, -0.05) is 17.7 Å². The molecule has 128 valence electrons. The van der Waals surface area contributed by atoms with Crippen LogP contribution in [-0.2, 0) is 14.8 Å². The number of likely N-dealkylation sites (N-methyl/N-ethyl adjacent to an activating group) is 1. The van der Waals surface area contributed by atoms with Crippen molar-refractivity contribution in [2.75, 3.05) is 50.3 Å². The summed E-state index contributed by atoms with van der Waals surface area (Å²) in [7, 11) is -1.50. The lowest BCUT2D eigenvalue weighted by atomic mass is 10.2. The molecule has 0 radical (unpaired) electrons. The first-order valence-corrected chi connectivity index (χ1v) is 9.74. The minimum Gasteiger partial charge on any atom is -0.334 e. The summed E-state index contributed by atoms with van der Waals surface area (Å²) in [4.78, 5) is 15.6. The first-order valence-electron chi connectivity index (χ1n) is 7.52. The van der Waals surface area contributed by atoms with Gasteiger partial charge in [0.2, 0.25) is 15.9 Å². The molecule has 0 spiro atoms. The maximum absolute atomic E-state index is 12.5. The van der Waals surface area contributed by atoms with Crippen LogP contribution < -0.4 is 9.21 Å². The predicted molar refractivity (Wildman–Crippen MR) is 91.6 cm³/mol. The molecule has 1 fully saturated rings. The maximum Gasteiger partial charge on any atom is 0.243 e. The Hall–Kier alpha value is -1.31.